The number of hydrogen-bond donors (Lipinski definition) is 3. The Kier molecular flexibility index (Phi) is 5.66. The van der Waals surface area contributed by atoms with Gasteiger partial charge in [-0.15, -0.1) is 0 Å². The highest BCUT2D eigenvalue weighted by atomic mass is 16.5. The largest absolute Gasteiger partial charge is 0.369 e. The standard InChI is InChI=1S/C14H21N3O3/c1-14(2,20-3)13(19)17-11-7-5-4-6-10(11)12(18)16-9-8-15/h4-7H,8-9,15H2,1-3H3,(H,16,18)(H,17,19). The molecule has 0 aliphatic rings. The molecule has 0 aliphatic heterocycles. The molecule has 110 valence electrons. The van der Waals surface area contributed by atoms with Gasteiger partial charge in [0.15, 0.2) is 0 Å². The van der Waals surface area contributed by atoms with E-state index in [4.69, 9.17) is 10.5 Å². The van der Waals surface area contributed by atoms with E-state index in [0.717, 1.165) is 0 Å². The van der Waals surface area contributed by atoms with Gasteiger partial charge in [-0.3, -0.25) is 9.59 Å². The minimum atomic E-state index is -0.971. The molecule has 2 amide bonds. The third kappa shape index (κ3) is 4.04. The average Bonchev–Trinajstić information content (AvgIpc) is 2.45. The van der Waals surface area contributed by atoms with E-state index in [9.17, 15) is 9.59 Å². The molecule has 0 saturated carbocycles. The van der Waals surface area contributed by atoms with Crippen LogP contribution in [0.25, 0.3) is 0 Å². The summed E-state index contributed by atoms with van der Waals surface area (Å²) < 4.78 is 5.11. The minimum absolute atomic E-state index is 0.276. The van der Waals surface area contributed by atoms with Crippen molar-refractivity contribution in [2.24, 2.45) is 5.73 Å². The Morgan fingerprint density at radius 2 is 1.95 bits per heavy atom. The smallest absolute Gasteiger partial charge is 0.256 e. The number of nitrogens with two attached hydrogens (primary N) is 1. The van der Waals surface area contributed by atoms with Crippen LogP contribution >= 0.6 is 0 Å². The monoisotopic (exact) mass is 279 g/mol. The number of methoxy groups -OCH3 is 1. The predicted octanol–water partition coefficient (Wildman–Crippen LogP) is 0.739. The molecule has 0 saturated heterocycles. The summed E-state index contributed by atoms with van der Waals surface area (Å²) in [4.78, 5) is 24.0. The lowest BCUT2D eigenvalue weighted by Crippen LogP contribution is -2.39. The van der Waals surface area contributed by atoms with E-state index in [2.05, 4.69) is 10.6 Å². The molecule has 1 aromatic rings. The number of rotatable bonds is 6. The summed E-state index contributed by atoms with van der Waals surface area (Å²) in [6, 6.07) is 6.78. The number of hydrogen-bond acceptors (Lipinski definition) is 4. The van der Waals surface area contributed by atoms with Crippen LogP contribution in [0.2, 0.25) is 0 Å². The number of benzene rings is 1. The van der Waals surface area contributed by atoms with Crippen molar-refractivity contribution in [1.29, 1.82) is 0 Å². The van der Waals surface area contributed by atoms with Crippen molar-refractivity contribution in [3.63, 3.8) is 0 Å². The van der Waals surface area contributed by atoms with Gasteiger partial charge in [-0.2, -0.15) is 0 Å². The van der Waals surface area contributed by atoms with Crippen molar-refractivity contribution in [3.8, 4) is 0 Å². The lowest BCUT2D eigenvalue weighted by atomic mass is 10.1. The van der Waals surface area contributed by atoms with Gasteiger partial charge in [0, 0.05) is 20.2 Å². The normalized spacial score (nSPS) is 11.0. The number of anilines is 1. The van der Waals surface area contributed by atoms with Crippen LogP contribution in [-0.4, -0.2) is 37.6 Å². The zero-order valence-corrected chi connectivity index (χ0v) is 12.0. The van der Waals surface area contributed by atoms with Crippen LogP contribution in [0, 0.1) is 0 Å². The first-order chi connectivity index (χ1) is 9.42. The first-order valence-corrected chi connectivity index (χ1v) is 6.36. The number of para-hydroxylation sites is 1. The van der Waals surface area contributed by atoms with E-state index >= 15 is 0 Å². The number of amides is 2. The molecule has 0 aromatic heterocycles. The Hall–Kier alpha value is -1.92. The molecule has 1 aromatic carbocycles. The summed E-state index contributed by atoms with van der Waals surface area (Å²) in [6.45, 7) is 4.04. The maximum Gasteiger partial charge on any atom is 0.256 e. The second-order valence-corrected chi connectivity index (χ2v) is 4.76. The van der Waals surface area contributed by atoms with Gasteiger partial charge < -0.3 is 21.1 Å². The number of carbonyl (C=O) groups is 2. The third-order valence-corrected chi connectivity index (χ3v) is 2.91. The van der Waals surface area contributed by atoms with E-state index < -0.39 is 5.60 Å². The summed E-state index contributed by atoms with van der Waals surface area (Å²) in [5, 5.41) is 5.37. The molecular formula is C14H21N3O3. The summed E-state index contributed by atoms with van der Waals surface area (Å²) in [5.74, 6) is -0.597. The molecule has 0 bridgehead atoms. The van der Waals surface area contributed by atoms with E-state index in [1.54, 1.807) is 38.1 Å². The van der Waals surface area contributed by atoms with Crippen LogP contribution < -0.4 is 16.4 Å². The van der Waals surface area contributed by atoms with Crippen LogP contribution in [0.1, 0.15) is 24.2 Å². The number of nitrogens with one attached hydrogen (secondary N) is 2. The topological polar surface area (TPSA) is 93.4 Å². The summed E-state index contributed by atoms with van der Waals surface area (Å²) >= 11 is 0. The van der Waals surface area contributed by atoms with Crippen LogP contribution in [0.4, 0.5) is 5.69 Å². The van der Waals surface area contributed by atoms with Gasteiger partial charge in [-0.05, 0) is 26.0 Å². The van der Waals surface area contributed by atoms with Crippen molar-refractivity contribution in [2.75, 3.05) is 25.5 Å². The Balaban J connectivity index is 2.91. The Labute approximate surface area is 118 Å². The fourth-order valence-corrected chi connectivity index (χ4v) is 1.44. The maximum absolute atomic E-state index is 12.1. The van der Waals surface area contributed by atoms with Crippen LogP contribution in [0.3, 0.4) is 0 Å². The molecule has 4 N–H and O–H groups in total. The fourth-order valence-electron chi connectivity index (χ4n) is 1.44. The summed E-state index contributed by atoms with van der Waals surface area (Å²) in [7, 11) is 1.46. The van der Waals surface area contributed by atoms with Gasteiger partial charge >= 0.3 is 0 Å². The van der Waals surface area contributed by atoms with Crippen molar-refractivity contribution < 1.29 is 14.3 Å². The van der Waals surface area contributed by atoms with Gasteiger partial charge in [0.2, 0.25) is 0 Å². The van der Waals surface area contributed by atoms with E-state index in [-0.39, 0.29) is 11.8 Å². The van der Waals surface area contributed by atoms with Crippen molar-refractivity contribution in [3.05, 3.63) is 29.8 Å². The molecule has 1 rings (SSSR count). The molecule has 6 heteroatoms. The van der Waals surface area contributed by atoms with Crippen molar-refractivity contribution in [2.45, 2.75) is 19.4 Å². The number of ether oxygens (including phenoxy) is 1. The quantitative estimate of drug-likeness (QED) is 0.716. The molecule has 0 atom stereocenters. The van der Waals surface area contributed by atoms with Crippen LogP contribution in [-0.2, 0) is 9.53 Å². The Bertz CT molecular complexity index is 486. The zero-order chi connectivity index (χ0) is 15.2. The Morgan fingerprint density at radius 1 is 1.30 bits per heavy atom. The van der Waals surface area contributed by atoms with E-state index in [0.29, 0.717) is 24.3 Å². The third-order valence-electron chi connectivity index (χ3n) is 2.91. The van der Waals surface area contributed by atoms with Crippen LogP contribution in [0.15, 0.2) is 24.3 Å². The molecular weight excluding hydrogens is 258 g/mol. The lowest BCUT2D eigenvalue weighted by molar-refractivity contribution is -0.133. The zero-order valence-electron chi connectivity index (χ0n) is 12.0. The maximum atomic E-state index is 12.1. The van der Waals surface area contributed by atoms with Gasteiger partial charge in [-0.1, -0.05) is 12.1 Å². The predicted molar refractivity (Wildman–Crippen MR) is 77.5 cm³/mol. The number of carbonyl (C=O) groups excluding carboxylic acids is 2. The molecule has 20 heavy (non-hydrogen) atoms. The first-order valence-electron chi connectivity index (χ1n) is 6.36. The lowest BCUT2D eigenvalue weighted by Gasteiger charge is -2.22. The van der Waals surface area contributed by atoms with Crippen LogP contribution in [0.5, 0.6) is 0 Å². The average molecular weight is 279 g/mol. The highest BCUT2D eigenvalue weighted by Crippen LogP contribution is 2.18. The molecule has 0 aliphatic carbocycles. The molecule has 0 heterocycles. The first kappa shape index (κ1) is 16.1. The van der Waals surface area contributed by atoms with E-state index in [1.165, 1.54) is 7.11 Å². The molecule has 0 radical (unpaired) electrons. The Morgan fingerprint density at radius 3 is 2.55 bits per heavy atom. The van der Waals surface area contributed by atoms with E-state index in [1.807, 2.05) is 0 Å². The minimum Gasteiger partial charge on any atom is -0.369 e. The van der Waals surface area contributed by atoms with Gasteiger partial charge in [0.1, 0.15) is 5.60 Å². The molecule has 6 nitrogen and oxygen atoms in total. The highest BCUT2D eigenvalue weighted by molar-refractivity contribution is 6.05. The SMILES string of the molecule is COC(C)(C)C(=O)Nc1ccccc1C(=O)NCCN. The highest BCUT2D eigenvalue weighted by Gasteiger charge is 2.27. The summed E-state index contributed by atoms with van der Waals surface area (Å²) in [6.07, 6.45) is 0. The van der Waals surface area contributed by atoms with Gasteiger partial charge in [-0.25, -0.2) is 0 Å². The molecule has 0 fully saturated rings. The van der Waals surface area contributed by atoms with Gasteiger partial charge in [0.05, 0.1) is 11.3 Å². The van der Waals surface area contributed by atoms with Crippen molar-refractivity contribution >= 4 is 17.5 Å². The van der Waals surface area contributed by atoms with Crippen molar-refractivity contribution in [1.82, 2.24) is 5.32 Å². The summed E-state index contributed by atoms with van der Waals surface area (Å²) in [5.41, 5.74) is 5.21. The second-order valence-electron chi connectivity index (χ2n) is 4.76. The second kappa shape index (κ2) is 7.02. The molecule has 0 spiro atoms. The van der Waals surface area contributed by atoms with Gasteiger partial charge in [0.25, 0.3) is 11.8 Å². The molecule has 0 unspecified atom stereocenters. The fraction of sp³-hybridized carbons (Fsp3) is 0.429.